The molecule has 0 aliphatic carbocycles. The quantitative estimate of drug-likeness (QED) is 0.810. The van der Waals surface area contributed by atoms with Crippen molar-refractivity contribution >= 4 is 0 Å². The molecule has 0 bridgehead atoms. The summed E-state index contributed by atoms with van der Waals surface area (Å²) in [5.41, 5.74) is 7.99. The van der Waals surface area contributed by atoms with Gasteiger partial charge in [0.1, 0.15) is 11.6 Å². The molecule has 118 valence electrons. The van der Waals surface area contributed by atoms with Gasteiger partial charge in [0, 0.05) is 12.0 Å². The van der Waals surface area contributed by atoms with Crippen molar-refractivity contribution in [3.63, 3.8) is 0 Å². The van der Waals surface area contributed by atoms with E-state index in [0.717, 1.165) is 24.0 Å². The number of hydrogen-bond acceptors (Lipinski definition) is 1. The second-order valence-corrected chi connectivity index (χ2v) is 5.73. The van der Waals surface area contributed by atoms with E-state index in [1.807, 2.05) is 19.1 Å². The van der Waals surface area contributed by atoms with Crippen LogP contribution in [0.3, 0.4) is 0 Å². The Labute approximate surface area is 131 Å². The van der Waals surface area contributed by atoms with Gasteiger partial charge in [-0.05, 0) is 47.7 Å². The first kappa shape index (κ1) is 16.6. The summed E-state index contributed by atoms with van der Waals surface area (Å²) in [6.45, 7) is 4.12. The van der Waals surface area contributed by atoms with Crippen LogP contribution in [0.5, 0.6) is 0 Å². The Hall–Kier alpha value is -1.74. The summed E-state index contributed by atoms with van der Waals surface area (Å²) in [7, 11) is 0. The average molecular weight is 303 g/mol. The highest BCUT2D eigenvalue weighted by atomic mass is 19.1. The number of halogens is 2. The Kier molecular flexibility index (Phi) is 5.67. The van der Waals surface area contributed by atoms with E-state index in [4.69, 9.17) is 5.73 Å². The summed E-state index contributed by atoms with van der Waals surface area (Å²) < 4.78 is 27.3. The van der Waals surface area contributed by atoms with Gasteiger partial charge in [-0.25, -0.2) is 8.78 Å². The molecule has 3 heteroatoms. The summed E-state index contributed by atoms with van der Waals surface area (Å²) in [5, 5.41) is 0. The molecule has 0 saturated carbocycles. The molecule has 1 nitrogen and oxygen atoms in total. The van der Waals surface area contributed by atoms with Crippen molar-refractivity contribution in [2.45, 2.75) is 38.6 Å². The van der Waals surface area contributed by atoms with E-state index < -0.39 is 0 Å². The standard InChI is InChI=1S/C19H23F2N/c1-3-17(18(22)4-2)19(13-7-5-9-15(20)11-13)14-8-6-10-16(21)12-14/h5-12,17-19H,3-4,22H2,1-2H3/t17?,18-/m1/s1. The van der Waals surface area contributed by atoms with Gasteiger partial charge in [-0.1, -0.05) is 44.5 Å². The molecule has 2 N–H and O–H groups in total. The largest absolute Gasteiger partial charge is 0.327 e. The lowest BCUT2D eigenvalue weighted by Crippen LogP contribution is -2.34. The van der Waals surface area contributed by atoms with Crippen molar-refractivity contribution in [2.75, 3.05) is 0 Å². The van der Waals surface area contributed by atoms with Crippen LogP contribution >= 0.6 is 0 Å². The first-order valence-electron chi connectivity index (χ1n) is 7.83. The Balaban J connectivity index is 2.53. The molecule has 1 unspecified atom stereocenters. The van der Waals surface area contributed by atoms with Crippen molar-refractivity contribution in [3.05, 3.63) is 71.3 Å². The molecule has 0 radical (unpaired) electrons. The lowest BCUT2D eigenvalue weighted by Gasteiger charge is -2.31. The van der Waals surface area contributed by atoms with Crippen LogP contribution in [0.15, 0.2) is 48.5 Å². The molecule has 2 atom stereocenters. The van der Waals surface area contributed by atoms with E-state index in [1.165, 1.54) is 24.3 Å². The minimum absolute atomic E-state index is 0.0125. The van der Waals surface area contributed by atoms with Crippen molar-refractivity contribution in [1.29, 1.82) is 0 Å². The normalized spacial score (nSPS) is 14.1. The second-order valence-electron chi connectivity index (χ2n) is 5.73. The fourth-order valence-electron chi connectivity index (χ4n) is 3.18. The molecule has 0 amide bonds. The van der Waals surface area contributed by atoms with Crippen molar-refractivity contribution in [2.24, 2.45) is 11.7 Å². The Morgan fingerprint density at radius 2 is 1.36 bits per heavy atom. The Morgan fingerprint density at radius 1 is 0.864 bits per heavy atom. The fraction of sp³-hybridized carbons (Fsp3) is 0.368. The summed E-state index contributed by atoms with van der Waals surface area (Å²) in [5.74, 6) is -0.530. The van der Waals surface area contributed by atoms with Crippen LogP contribution in [0.2, 0.25) is 0 Å². The molecule has 0 heterocycles. The van der Waals surface area contributed by atoms with E-state index in [-0.39, 0.29) is 29.5 Å². The molecule has 0 saturated heterocycles. The third kappa shape index (κ3) is 3.72. The molecule has 0 aliphatic heterocycles. The topological polar surface area (TPSA) is 26.0 Å². The lowest BCUT2D eigenvalue weighted by atomic mass is 9.75. The predicted octanol–water partition coefficient (Wildman–Crippen LogP) is 4.86. The average Bonchev–Trinajstić information content (AvgIpc) is 2.51. The second kappa shape index (κ2) is 7.50. The third-order valence-corrected chi connectivity index (χ3v) is 4.34. The van der Waals surface area contributed by atoms with Gasteiger partial charge in [0.05, 0.1) is 0 Å². The number of nitrogens with two attached hydrogens (primary N) is 1. The molecule has 0 aliphatic rings. The molecule has 22 heavy (non-hydrogen) atoms. The Morgan fingerprint density at radius 3 is 1.73 bits per heavy atom. The van der Waals surface area contributed by atoms with Crippen LogP contribution < -0.4 is 5.73 Å². The highest BCUT2D eigenvalue weighted by Crippen LogP contribution is 2.36. The van der Waals surface area contributed by atoms with Crippen LogP contribution in [0.1, 0.15) is 43.7 Å². The summed E-state index contributed by atoms with van der Waals surface area (Å²) in [6.07, 6.45) is 1.69. The number of hydrogen-bond donors (Lipinski definition) is 1. The maximum atomic E-state index is 13.7. The zero-order valence-electron chi connectivity index (χ0n) is 13.1. The highest BCUT2D eigenvalue weighted by Gasteiger charge is 2.28. The van der Waals surface area contributed by atoms with Crippen LogP contribution in [0.25, 0.3) is 0 Å². The maximum absolute atomic E-state index is 13.7. The van der Waals surface area contributed by atoms with Crippen molar-refractivity contribution in [1.82, 2.24) is 0 Å². The summed E-state index contributed by atoms with van der Waals surface area (Å²) in [4.78, 5) is 0. The van der Waals surface area contributed by atoms with E-state index >= 15 is 0 Å². The molecular weight excluding hydrogens is 280 g/mol. The smallest absolute Gasteiger partial charge is 0.123 e. The van der Waals surface area contributed by atoms with E-state index in [9.17, 15) is 8.78 Å². The third-order valence-electron chi connectivity index (χ3n) is 4.34. The minimum Gasteiger partial charge on any atom is -0.327 e. The van der Waals surface area contributed by atoms with Gasteiger partial charge in [0.2, 0.25) is 0 Å². The van der Waals surface area contributed by atoms with Gasteiger partial charge >= 0.3 is 0 Å². The zero-order valence-corrected chi connectivity index (χ0v) is 13.1. The molecule has 2 aromatic carbocycles. The van der Waals surface area contributed by atoms with Crippen molar-refractivity contribution < 1.29 is 8.78 Å². The lowest BCUT2D eigenvalue weighted by molar-refractivity contribution is 0.359. The van der Waals surface area contributed by atoms with E-state index in [0.29, 0.717) is 0 Å². The first-order chi connectivity index (χ1) is 10.6. The predicted molar refractivity (Wildman–Crippen MR) is 86.7 cm³/mol. The minimum atomic E-state index is -0.279. The fourth-order valence-corrected chi connectivity index (χ4v) is 3.18. The molecule has 2 rings (SSSR count). The van der Waals surface area contributed by atoms with Gasteiger partial charge in [0.15, 0.2) is 0 Å². The highest BCUT2D eigenvalue weighted by molar-refractivity contribution is 5.34. The Bertz CT molecular complexity index is 566. The molecule has 0 aromatic heterocycles. The molecule has 0 fully saturated rings. The van der Waals surface area contributed by atoms with Gasteiger partial charge in [0.25, 0.3) is 0 Å². The SMILES string of the molecule is CCC(C(c1cccc(F)c1)c1cccc(F)c1)[C@H](N)CC. The van der Waals surface area contributed by atoms with Gasteiger partial charge in [-0.15, -0.1) is 0 Å². The molecule has 2 aromatic rings. The van der Waals surface area contributed by atoms with Crippen LogP contribution in [-0.4, -0.2) is 6.04 Å². The monoisotopic (exact) mass is 303 g/mol. The summed E-state index contributed by atoms with van der Waals surface area (Å²) >= 11 is 0. The van der Waals surface area contributed by atoms with E-state index in [2.05, 4.69) is 6.92 Å². The van der Waals surface area contributed by atoms with Gasteiger partial charge in [-0.3, -0.25) is 0 Å². The van der Waals surface area contributed by atoms with Gasteiger partial charge < -0.3 is 5.73 Å². The van der Waals surface area contributed by atoms with E-state index in [1.54, 1.807) is 12.1 Å². The van der Waals surface area contributed by atoms with Gasteiger partial charge in [-0.2, -0.15) is 0 Å². The summed E-state index contributed by atoms with van der Waals surface area (Å²) in [6, 6.07) is 13.1. The molecular formula is C19H23F2N. The molecule has 0 spiro atoms. The van der Waals surface area contributed by atoms with Crippen LogP contribution in [-0.2, 0) is 0 Å². The van der Waals surface area contributed by atoms with Crippen LogP contribution in [0, 0.1) is 17.6 Å². The number of rotatable bonds is 6. The number of benzene rings is 2. The van der Waals surface area contributed by atoms with Crippen LogP contribution in [0.4, 0.5) is 8.78 Å². The maximum Gasteiger partial charge on any atom is 0.123 e. The van der Waals surface area contributed by atoms with Crippen molar-refractivity contribution in [3.8, 4) is 0 Å². The zero-order chi connectivity index (χ0) is 16.1. The first-order valence-corrected chi connectivity index (χ1v) is 7.83.